The number of rotatable bonds is 6. The van der Waals surface area contributed by atoms with Crippen LogP contribution in [0.4, 0.5) is 0 Å². The molecule has 1 aliphatic heterocycles. The molecule has 0 bridgehead atoms. The molecule has 0 saturated carbocycles. The summed E-state index contributed by atoms with van der Waals surface area (Å²) in [7, 11) is -0.364. The summed E-state index contributed by atoms with van der Waals surface area (Å²) in [5, 5.41) is 0. The molecule has 0 atom stereocenters. The van der Waals surface area contributed by atoms with Crippen LogP contribution in [0.1, 0.15) is 47.5 Å². The number of hydrogen-bond acceptors (Lipinski definition) is 4. The van der Waals surface area contributed by atoms with Crippen LogP contribution in [0.2, 0.25) is 0 Å². The summed E-state index contributed by atoms with van der Waals surface area (Å²) in [6, 6.07) is 53.8. The van der Waals surface area contributed by atoms with Gasteiger partial charge in [0.1, 0.15) is 11.6 Å². The molecule has 2 aromatic heterocycles. The SMILES string of the molecule is Brc1ccc(-c2nc3ccccc3n2-c2ccccc2)cc1.CC1(C)OB(c2ccc(-c3nc4ccccc4n3-c3ccccc3)cc2)OC1(C)C.[CH2-]CCC.[Li+]. The minimum Gasteiger partial charge on any atom is -0.399 e. The summed E-state index contributed by atoms with van der Waals surface area (Å²) in [6.45, 7) is 14.0. The fourth-order valence-corrected chi connectivity index (χ4v) is 6.75. The van der Waals surface area contributed by atoms with Crippen molar-refractivity contribution in [2.75, 3.05) is 0 Å². The summed E-state index contributed by atoms with van der Waals surface area (Å²) in [5.41, 5.74) is 8.87. The Morgan fingerprint density at radius 3 is 1.33 bits per heavy atom. The van der Waals surface area contributed by atoms with Gasteiger partial charge < -0.3 is 16.2 Å². The van der Waals surface area contributed by atoms with E-state index in [1.54, 1.807) is 0 Å². The molecule has 3 heterocycles. The van der Waals surface area contributed by atoms with Crippen molar-refractivity contribution < 1.29 is 28.2 Å². The zero-order valence-corrected chi connectivity index (χ0v) is 35.3. The van der Waals surface area contributed by atoms with Crippen LogP contribution >= 0.6 is 15.9 Å². The molecule has 0 amide bonds. The van der Waals surface area contributed by atoms with E-state index >= 15 is 0 Å². The number of nitrogens with zero attached hydrogens (tertiary/aromatic N) is 4. The molecule has 1 aliphatic rings. The van der Waals surface area contributed by atoms with Crippen molar-refractivity contribution >= 4 is 50.6 Å². The number of imidazole rings is 2. The molecule has 9 heteroatoms. The van der Waals surface area contributed by atoms with Crippen molar-refractivity contribution in [1.82, 2.24) is 19.1 Å². The van der Waals surface area contributed by atoms with Crippen molar-refractivity contribution in [2.24, 2.45) is 0 Å². The van der Waals surface area contributed by atoms with E-state index in [0.717, 1.165) is 72.6 Å². The number of aromatic nitrogens is 4. The second-order valence-electron chi connectivity index (χ2n) is 14.8. The summed E-state index contributed by atoms with van der Waals surface area (Å²) >= 11 is 3.49. The molecular formula is C48H47BBrLiN4O2. The van der Waals surface area contributed by atoms with Crippen LogP contribution in [-0.4, -0.2) is 37.4 Å². The molecule has 6 nitrogen and oxygen atoms in total. The Balaban J connectivity index is 0.000000180. The van der Waals surface area contributed by atoms with Crippen LogP contribution in [0.25, 0.3) is 56.2 Å². The van der Waals surface area contributed by atoms with Crippen LogP contribution in [0.3, 0.4) is 0 Å². The van der Waals surface area contributed by atoms with Gasteiger partial charge in [-0.1, -0.05) is 126 Å². The van der Waals surface area contributed by atoms with Crippen molar-refractivity contribution in [3.8, 4) is 34.2 Å². The molecule has 0 aliphatic carbocycles. The molecule has 8 aromatic rings. The quantitative estimate of drug-likeness (QED) is 0.124. The maximum atomic E-state index is 6.19. The van der Waals surface area contributed by atoms with Gasteiger partial charge >= 0.3 is 26.0 Å². The van der Waals surface area contributed by atoms with Crippen LogP contribution < -0.4 is 24.3 Å². The van der Waals surface area contributed by atoms with Gasteiger partial charge in [-0.2, -0.15) is 6.42 Å². The van der Waals surface area contributed by atoms with E-state index in [2.05, 4.69) is 188 Å². The number of benzene rings is 6. The maximum Gasteiger partial charge on any atom is 1.00 e. The van der Waals surface area contributed by atoms with Crippen LogP contribution in [0, 0.1) is 6.92 Å². The maximum absolute atomic E-state index is 6.19. The standard InChI is InChI=1S/C25H25BN2O2.C19H13BrN2.C4H9.Li/c1-24(2)25(3,4)30-26(29-24)19-16-14-18(15-17-19)23-27-21-12-8-9-13-22(21)28(23)20-10-6-5-7-11-20;20-15-12-10-14(11-13-15)19-21-17-8-4-5-9-18(17)22(19)16-6-2-1-3-7-16;1-3-4-2;/h5-17H,1-4H3;1-13H;1,3-4H2,2H3;/q;;-1;+1. The molecule has 1 saturated heterocycles. The van der Waals surface area contributed by atoms with Gasteiger partial charge in [0, 0.05) is 27.0 Å². The normalized spacial score (nSPS) is 14.0. The van der Waals surface area contributed by atoms with Gasteiger partial charge in [-0.25, -0.2) is 9.97 Å². The second-order valence-corrected chi connectivity index (χ2v) is 15.7. The third kappa shape index (κ3) is 9.07. The molecule has 0 radical (unpaired) electrons. The first kappa shape index (κ1) is 41.9. The fraction of sp³-hybridized carbons (Fsp3) is 0.188. The van der Waals surface area contributed by atoms with Gasteiger partial charge in [0.25, 0.3) is 0 Å². The van der Waals surface area contributed by atoms with Crippen molar-refractivity contribution in [3.05, 3.63) is 169 Å². The predicted octanol–water partition coefficient (Wildman–Crippen LogP) is 9.07. The third-order valence-electron chi connectivity index (χ3n) is 10.3. The summed E-state index contributed by atoms with van der Waals surface area (Å²) in [5.74, 6) is 1.88. The van der Waals surface area contributed by atoms with E-state index in [1.165, 1.54) is 6.42 Å². The van der Waals surface area contributed by atoms with Gasteiger partial charge in [-0.3, -0.25) is 9.13 Å². The van der Waals surface area contributed by atoms with Gasteiger partial charge in [-0.05, 0) is 93.8 Å². The Morgan fingerprint density at radius 2 is 0.930 bits per heavy atom. The second kappa shape index (κ2) is 18.3. The zero-order chi connectivity index (χ0) is 39.3. The number of halogens is 1. The molecule has 1 fully saturated rings. The molecule has 9 rings (SSSR count). The van der Waals surface area contributed by atoms with Gasteiger partial charge in [0.2, 0.25) is 0 Å². The molecule has 0 N–H and O–H groups in total. The molecule has 57 heavy (non-hydrogen) atoms. The number of unbranched alkanes of at least 4 members (excludes halogenated alkanes) is 1. The molecule has 282 valence electrons. The Morgan fingerprint density at radius 1 is 0.561 bits per heavy atom. The Hall–Kier alpha value is -4.68. The molecule has 6 aromatic carbocycles. The van der Waals surface area contributed by atoms with E-state index in [-0.39, 0.29) is 37.2 Å². The minimum absolute atomic E-state index is 0. The van der Waals surface area contributed by atoms with E-state index in [0.29, 0.717) is 0 Å². The monoisotopic (exact) mass is 808 g/mol. The molecule has 0 unspecified atom stereocenters. The predicted molar refractivity (Wildman–Crippen MR) is 237 cm³/mol. The first-order valence-corrected chi connectivity index (χ1v) is 20.0. The Bertz CT molecular complexity index is 2500. The summed E-state index contributed by atoms with van der Waals surface area (Å²) in [4.78, 5) is 9.77. The third-order valence-corrected chi connectivity index (χ3v) is 10.8. The smallest absolute Gasteiger partial charge is 0.399 e. The number of fused-ring (bicyclic) bond motifs is 2. The Kier molecular flexibility index (Phi) is 13.4. The van der Waals surface area contributed by atoms with Crippen LogP contribution in [0.5, 0.6) is 0 Å². The van der Waals surface area contributed by atoms with E-state index in [9.17, 15) is 0 Å². The fourth-order valence-electron chi connectivity index (χ4n) is 6.48. The van der Waals surface area contributed by atoms with E-state index in [1.807, 2.05) is 36.4 Å². The van der Waals surface area contributed by atoms with Crippen molar-refractivity contribution in [1.29, 1.82) is 0 Å². The van der Waals surface area contributed by atoms with E-state index in [4.69, 9.17) is 19.3 Å². The zero-order valence-electron chi connectivity index (χ0n) is 33.7. The van der Waals surface area contributed by atoms with Crippen molar-refractivity contribution in [2.45, 2.75) is 58.7 Å². The summed E-state index contributed by atoms with van der Waals surface area (Å²) < 4.78 is 17.9. The average molecular weight is 810 g/mol. The summed E-state index contributed by atoms with van der Waals surface area (Å²) in [6.07, 6.45) is 2.28. The average Bonchev–Trinajstić information content (AvgIpc) is 3.88. The number of hydrogen-bond donors (Lipinski definition) is 0. The van der Waals surface area contributed by atoms with Gasteiger partial charge in [0.15, 0.2) is 0 Å². The molecule has 0 spiro atoms. The minimum atomic E-state index is -0.364. The number of para-hydroxylation sites is 6. The van der Waals surface area contributed by atoms with Crippen molar-refractivity contribution in [3.63, 3.8) is 0 Å². The van der Waals surface area contributed by atoms with Crippen LogP contribution in [0.15, 0.2) is 162 Å². The van der Waals surface area contributed by atoms with Gasteiger partial charge in [0.05, 0.1) is 33.3 Å². The topological polar surface area (TPSA) is 54.1 Å². The largest absolute Gasteiger partial charge is 1.00 e. The first-order chi connectivity index (χ1) is 27.1. The first-order valence-electron chi connectivity index (χ1n) is 19.2. The Labute approximate surface area is 357 Å². The van der Waals surface area contributed by atoms with Crippen LogP contribution in [-0.2, 0) is 9.31 Å². The van der Waals surface area contributed by atoms with E-state index < -0.39 is 0 Å². The molecular weight excluding hydrogens is 762 g/mol. The van der Waals surface area contributed by atoms with Gasteiger partial charge in [-0.15, -0.1) is 0 Å².